The predicted molar refractivity (Wildman–Crippen MR) is 136 cm³/mol. The molecule has 0 heterocycles. The van der Waals surface area contributed by atoms with Gasteiger partial charge in [0.15, 0.2) is 6.61 Å². The zero-order valence-corrected chi connectivity index (χ0v) is 21.3. The third-order valence-electron chi connectivity index (χ3n) is 5.33. The molecule has 0 aromatic heterocycles. The lowest BCUT2D eigenvalue weighted by atomic mass is 10.1. The molecule has 0 aliphatic rings. The van der Waals surface area contributed by atoms with E-state index < -0.39 is 6.04 Å². The molecule has 7 heteroatoms. The van der Waals surface area contributed by atoms with Gasteiger partial charge in [-0.15, -0.1) is 0 Å². The molecule has 5 nitrogen and oxygen atoms in total. The van der Waals surface area contributed by atoms with Crippen molar-refractivity contribution in [1.82, 2.24) is 10.2 Å². The SMILES string of the molecule is CC(C)CNC(=O)C(C)N(Cc1ccccc1Cl)C(=O)COc1ccc2ccccc2c1Br. The normalized spacial score (nSPS) is 11.9. The number of halogens is 2. The van der Waals surface area contributed by atoms with Crippen LogP contribution in [-0.2, 0) is 16.1 Å². The maximum atomic E-state index is 13.3. The van der Waals surface area contributed by atoms with Crippen LogP contribution in [0.15, 0.2) is 65.1 Å². The second kappa shape index (κ2) is 11.5. The van der Waals surface area contributed by atoms with E-state index in [0.29, 0.717) is 23.2 Å². The summed E-state index contributed by atoms with van der Waals surface area (Å²) >= 11 is 9.92. The standard InChI is InChI=1S/C26H28BrClN2O3/c1-17(2)14-29-26(32)18(3)30(15-20-9-5-7-11-22(20)28)24(31)16-33-23-13-12-19-8-4-6-10-21(19)25(23)27/h4-13,17-18H,14-16H2,1-3H3,(H,29,32). The first-order valence-electron chi connectivity index (χ1n) is 10.9. The fourth-order valence-corrected chi connectivity index (χ4v) is 4.20. The maximum Gasteiger partial charge on any atom is 0.261 e. The van der Waals surface area contributed by atoms with E-state index in [1.165, 1.54) is 4.90 Å². The Hall–Kier alpha value is -2.57. The Morgan fingerprint density at radius 3 is 2.45 bits per heavy atom. The Kier molecular flexibility index (Phi) is 8.75. The van der Waals surface area contributed by atoms with Crippen molar-refractivity contribution in [3.8, 4) is 5.75 Å². The number of benzene rings is 3. The number of nitrogens with zero attached hydrogens (tertiary/aromatic N) is 1. The summed E-state index contributed by atoms with van der Waals surface area (Å²) in [5.41, 5.74) is 0.767. The van der Waals surface area contributed by atoms with Crippen LogP contribution in [0, 0.1) is 5.92 Å². The summed E-state index contributed by atoms with van der Waals surface area (Å²) in [7, 11) is 0. The Balaban J connectivity index is 1.79. The number of carbonyl (C=O) groups is 2. The molecule has 0 spiro atoms. The van der Waals surface area contributed by atoms with Gasteiger partial charge in [-0.3, -0.25) is 9.59 Å². The summed E-state index contributed by atoms with van der Waals surface area (Å²) < 4.78 is 6.67. The molecular weight excluding hydrogens is 504 g/mol. The van der Waals surface area contributed by atoms with Crippen molar-refractivity contribution in [3.63, 3.8) is 0 Å². The van der Waals surface area contributed by atoms with Gasteiger partial charge in [0.25, 0.3) is 5.91 Å². The van der Waals surface area contributed by atoms with Gasteiger partial charge < -0.3 is 15.0 Å². The van der Waals surface area contributed by atoms with Gasteiger partial charge in [0.1, 0.15) is 11.8 Å². The third-order valence-corrected chi connectivity index (χ3v) is 6.52. The highest BCUT2D eigenvalue weighted by Crippen LogP contribution is 2.33. The number of rotatable bonds is 9. The van der Waals surface area contributed by atoms with E-state index in [2.05, 4.69) is 21.2 Å². The first-order valence-corrected chi connectivity index (χ1v) is 12.1. The van der Waals surface area contributed by atoms with E-state index in [0.717, 1.165) is 20.8 Å². The van der Waals surface area contributed by atoms with Crippen LogP contribution in [0.5, 0.6) is 5.75 Å². The number of fused-ring (bicyclic) bond motifs is 1. The molecule has 0 bridgehead atoms. The van der Waals surface area contributed by atoms with Crippen LogP contribution < -0.4 is 10.1 Å². The minimum absolute atomic E-state index is 0.205. The summed E-state index contributed by atoms with van der Waals surface area (Å²) in [5, 5.41) is 5.52. The molecule has 0 radical (unpaired) electrons. The molecule has 1 N–H and O–H groups in total. The molecule has 3 aromatic rings. The monoisotopic (exact) mass is 530 g/mol. The Labute approximate surface area is 208 Å². The van der Waals surface area contributed by atoms with Crippen molar-refractivity contribution in [3.05, 3.63) is 75.7 Å². The van der Waals surface area contributed by atoms with Gasteiger partial charge in [0.2, 0.25) is 5.91 Å². The lowest BCUT2D eigenvalue weighted by Crippen LogP contribution is -2.49. The average Bonchev–Trinajstić information content (AvgIpc) is 2.81. The minimum atomic E-state index is -0.684. The lowest BCUT2D eigenvalue weighted by molar-refractivity contribution is -0.142. The Morgan fingerprint density at radius 1 is 1.03 bits per heavy atom. The van der Waals surface area contributed by atoms with Crippen molar-refractivity contribution in [2.45, 2.75) is 33.4 Å². The molecular formula is C26H28BrClN2O3. The highest BCUT2D eigenvalue weighted by Gasteiger charge is 2.27. The van der Waals surface area contributed by atoms with Crippen LogP contribution in [0.25, 0.3) is 10.8 Å². The Morgan fingerprint density at radius 2 is 1.73 bits per heavy atom. The molecule has 174 valence electrons. The number of hydrogen-bond donors (Lipinski definition) is 1. The second-order valence-corrected chi connectivity index (χ2v) is 9.52. The minimum Gasteiger partial charge on any atom is -0.483 e. The maximum absolute atomic E-state index is 13.3. The van der Waals surface area contributed by atoms with Gasteiger partial charge >= 0.3 is 0 Å². The third kappa shape index (κ3) is 6.49. The van der Waals surface area contributed by atoms with Crippen molar-refractivity contribution >= 4 is 50.1 Å². The van der Waals surface area contributed by atoms with Crippen LogP contribution in [0.2, 0.25) is 5.02 Å². The number of carbonyl (C=O) groups excluding carboxylic acids is 2. The number of ether oxygens (including phenoxy) is 1. The molecule has 3 aromatic carbocycles. The van der Waals surface area contributed by atoms with E-state index >= 15 is 0 Å². The summed E-state index contributed by atoms with van der Waals surface area (Å²) in [6, 6.07) is 18.3. The van der Waals surface area contributed by atoms with Crippen molar-refractivity contribution in [2.75, 3.05) is 13.2 Å². The average molecular weight is 532 g/mol. The molecule has 1 atom stereocenters. The number of amides is 2. The summed E-state index contributed by atoms with van der Waals surface area (Å²) in [6.07, 6.45) is 0. The molecule has 0 fully saturated rings. The van der Waals surface area contributed by atoms with Gasteiger partial charge in [-0.05, 0) is 57.2 Å². The highest BCUT2D eigenvalue weighted by atomic mass is 79.9. The topological polar surface area (TPSA) is 58.6 Å². The molecule has 0 aliphatic carbocycles. The first-order chi connectivity index (χ1) is 15.8. The zero-order chi connectivity index (χ0) is 24.0. The van der Waals surface area contributed by atoms with E-state index in [-0.39, 0.29) is 25.0 Å². The molecule has 0 saturated heterocycles. The summed E-state index contributed by atoms with van der Waals surface area (Å²) in [4.78, 5) is 27.5. The Bertz CT molecular complexity index is 1140. The van der Waals surface area contributed by atoms with E-state index in [1.54, 1.807) is 13.0 Å². The second-order valence-electron chi connectivity index (χ2n) is 8.32. The van der Waals surface area contributed by atoms with E-state index in [4.69, 9.17) is 16.3 Å². The first kappa shape index (κ1) is 25.1. The van der Waals surface area contributed by atoms with Crippen LogP contribution >= 0.6 is 27.5 Å². The molecule has 33 heavy (non-hydrogen) atoms. The molecule has 1 unspecified atom stereocenters. The molecule has 0 aliphatic heterocycles. The van der Waals surface area contributed by atoms with E-state index in [9.17, 15) is 9.59 Å². The molecule has 2 amide bonds. The lowest BCUT2D eigenvalue weighted by Gasteiger charge is -2.29. The predicted octanol–water partition coefficient (Wildman–Crippen LogP) is 5.82. The van der Waals surface area contributed by atoms with Gasteiger partial charge in [-0.25, -0.2) is 0 Å². The van der Waals surface area contributed by atoms with Crippen LogP contribution in [-0.4, -0.2) is 35.9 Å². The van der Waals surface area contributed by atoms with Crippen molar-refractivity contribution in [1.29, 1.82) is 0 Å². The van der Waals surface area contributed by atoms with Crippen molar-refractivity contribution in [2.24, 2.45) is 5.92 Å². The fraction of sp³-hybridized carbons (Fsp3) is 0.308. The quantitative estimate of drug-likeness (QED) is 0.378. The van der Waals surface area contributed by atoms with Crippen LogP contribution in [0.1, 0.15) is 26.3 Å². The largest absolute Gasteiger partial charge is 0.483 e. The zero-order valence-electron chi connectivity index (χ0n) is 19.0. The highest BCUT2D eigenvalue weighted by molar-refractivity contribution is 9.10. The van der Waals surface area contributed by atoms with Crippen LogP contribution in [0.4, 0.5) is 0 Å². The summed E-state index contributed by atoms with van der Waals surface area (Å²) in [5.74, 6) is 0.359. The number of nitrogens with one attached hydrogen (secondary N) is 1. The van der Waals surface area contributed by atoms with Gasteiger partial charge in [-0.1, -0.05) is 74.0 Å². The fourth-order valence-electron chi connectivity index (χ4n) is 3.39. The number of hydrogen-bond acceptors (Lipinski definition) is 3. The molecule has 0 saturated carbocycles. The van der Waals surface area contributed by atoms with Gasteiger partial charge in [-0.2, -0.15) is 0 Å². The summed E-state index contributed by atoms with van der Waals surface area (Å²) in [6.45, 7) is 6.30. The van der Waals surface area contributed by atoms with Gasteiger partial charge in [0.05, 0.1) is 4.47 Å². The molecule has 3 rings (SSSR count). The van der Waals surface area contributed by atoms with E-state index in [1.807, 2.05) is 68.4 Å². The van der Waals surface area contributed by atoms with Crippen molar-refractivity contribution < 1.29 is 14.3 Å². The van der Waals surface area contributed by atoms with Crippen LogP contribution in [0.3, 0.4) is 0 Å². The van der Waals surface area contributed by atoms with Gasteiger partial charge in [0, 0.05) is 18.1 Å². The smallest absolute Gasteiger partial charge is 0.261 e.